The molecule has 0 fully saturated rings. The monoisotopic (exact) mass is 200 g/mol. The molecule has 54 valence electrons. The van der Waals surface area contributed by atoms with Crippen molar-refractivity contribution in [1.82, 2.24) is 0 Å². The molecular formula is H11AlNaO5PSi. The van der Waals surface area contributed by atoms with E-state index in [4.69, 9.17) is 9.79 Å². The predicted octanol–water partition coefficient (Wildman–Crippen LogP) is -4.28. The van der Waals surface area contributed by atoms with E-state index in [0.717, 1.165) is 0 Å². The van der Waals surface area contributed by atoms with E-state index in [-0.39, 0.29) is 62.9 Å². The van der Waals surface area contributed by atoms with Gasteiger partial charge in [-0.3, -0.25) is 0 Å². The zero-order valence-electron chi connectivity index (χ0n) is 3.66. The second-order valence-corrected chi connectivity index (χ2v) is 3.11. The molecule has 0 aliphatic carbocycles. The summed E-state index contributed by atoms with van der Waals surface area (Å²) < 4.78 is 13.2. The number of hydrogen-bond donors (Lipinski definition) is 2. The van der Waals surface area contributed by atoms with Gasteiger partial charge in [-0.05, 0) is 0 Å². The molecule has 9 heavy (non-hydrogen) atoms. The van der Waals surface area contributed by atoms with Gasteiger partial charge in [-0.1, -0.05) is 0 Å². The fourth-order valence-corrected chi connectivity index (χ4v) is 0. The van der Waals surface area contributed by atoms with Crippen LogP contribution in [0.3, 0.4) is 0 Å². The van der Waals surface area contributed by atoms with E-state index in [1.54, 1.807) is 0 Å². The molecule has 0 aromatic carbocycles. The second kappa shape index (κ2) is 9.82. The van der Waals surface area contributed by atoms with Gasteiger partial charge in [0.2, 0.25) is 0 Å². The summed E-state index contributed by atoms with van der Waals surface area (Å²) in [6.45, 7) is 0. The van der Waals surface area contributed by atoms with Crippen LogP contribution in [0.4, 0.5) is 0 Å². The fourth-order valence-electron chi connectivity index (χ4n) is 0. The van der Waals surface area contributed by atoms with E-state index in [1.165, 1.54) is 0 Å². The minimum absolute atomic E-state index is 0. The molecule has 4 N–H and O–H groups in total. The maximum absolute atomic E-state index is 9.51. The molecule has 0 aliphatic heterocycles. The van der Waals surface area contributed by atoms with Crippen molar-refractivity contribution >= 4 is 65.2 Å². The summed E-state index contributed by atoms with van der Waals surface area (Å²) in [5.74, 6) is 0. The molecule has 0 rings (SSSR count). The molecule has 0 atom stereocenters. The quantitative estimate of drug-likeness (QED) is 0.330. The Morgan fingerprint density at radius 2 is 1.56 bits per heavy atom. The molecule has 0 amide bonds. The number of hydrogen-bond acceptors (Lipinski definition) is 2. The normalized spacial score (nSPS) is 8.22. The summed E-state index contributed by atoms with van der Waals surface area (Å²) in [6, 6.07) is 0. The zero-order valence-corrected chi connectivity index (χ0v) is 6.55. The zero-order chi connectivity index (χ0) is 5.21. The third-order valence-corrected chi connectivity index (χ3v) is 2.14. The van der Waals surface area contributed by atoms with Crippen molar-refractivity contribution < 1.29 is 24.0 Å². The molecule has 0 unspecified atom stereocenters. The van der Waals surface area contributed by atoms with Crippen molar-refractivity contribution in [3.8, 4) is 0 Å². The topological polar surface area (TPSA) is 98.3 Å². The number of phosphoric acid groups is 1. The average molecular weight is 200 g/mol. The first-order chi connectivity index (χ1) is 2.56. The Kier molecular flexibility index (Phi) is 24.5. The molecule has 0 saturated carbocycles. The second-order valence-electron chi connectivity index (χ2n) is 0.673. The first kappa shape index (κ1) is 22.4. The van der Waals surface area contributed by atoms with E-state index >= 15 is 0 Å². The van der Waals surface area contributed by atoms with Gasteiger partial charge in [-0.25, -0.2) is 4.57 Å². The predicted molar refractivity (Wildman–Crippen MR) is 43.8 cm³/mol. The van der Waals surface area contributed by atoms with Crippen LogP contribution in [0.5, 0.6) is 0 Å². The van der Waals surface area contributed by atoms with Crippen LogP contribution in [-0.4, -0.2) is 72.7 Å². The van der Waals surface area contributed by atoms with Crippen LogP contribution in [0, 0.1) is 0 Å². The Balaban J connectivity index is -0.0000000417. The van der Waals surface area contributed by atoms with Gasteiger partial charge in [0.1, 0.15) is 0 Å². The molecule has 0 aromatic heterocycles. The van der Waals surface area contributed by atoms with Gasteiger partial charge in [0.15, 0.2) is 27.8 Å². The van der Waals surface area contributed by atoms with Crippen LogP contribution < -0.4 is 0 Å². The molecule has 5 nitrogen and oxygen atoms in total. The van der Waals surface area contributed by atoms with E-state index in [9.17, 15) is 4.57 Å². The van der Waals surface area contributed by atoms with Crippen molar-refractivity contribution in [3.05, 3.63) is 0 Å². The molecule has 0 heterocycles. The molecule has 0 spiro atoms. The summed E-state index contributed by atoms with van der Waals surface area (Å²) >= 11 is 0. The van der Waals surface area contributed by atoms with Crippen LogP contribution >= 0.6 is 7.82 Å². The van der Waals surface area contributed by atoms with Gasteiger partial charge < -0.3 is 19.5 Å². The summed E-state index contributed by atoms with van der Waals surface area (Å²) in [5, 5.41) is 0. The van der Waals surface area contributed by atoms with Gasteiger partial charge in [-0.2, -0.15) is 0 Å². The van der Waals surface area contributed by atoms with E-state index in [2.05, 4.69) is 4.21 Å². The summed E-state index contributed by atoms with van der Waals surface area (Å²) in [7, 11) is -4.00. The van der Waals surface area contributed by atoms with Gasteiger partial charge in [0.25, 0.3) is 0 Å². The SMILES string of the molecule is O.O=P(O)(O)O[SiH3].[AlH3].[NaH]. The number of rotatable bonds is 1. The van der Waals surface area contributed by atoms with Crippen molar-refractivity contribution in [3.63, 3.8) is 0 Å². The molecule has 0 saturated heterocycles. The van der Waals surface area contributed by atoms with Crippen LogP contribution in [0.2, 0.25) is 0 Å². The minimum atomic E-state index is -4.08. The van der Waals surface area contributed by atoms with Crippen molar-refractivity contribution in [1.29, 1.82) is 0 Å². The van der Waals surface area contributed by atoms with Crippen LogP contribution in [0.25, 0.3) is 0 Å². The Hall–Kier alpha value is 1.82. The van der Waals surface area contributed by atoms with E-state index < -0.39 is 7.82 Å². The standard InChI is InChI=1S/Al.Na.H5O4PSi.H2O.4H/c;;1-5(2,3)4-6;;;;;/h;;6H3,(H2,1,2,3);1H2;;;;. The van der Waals surface area contributed by atoms with Gasteiger partial charge in [0.05, 0.1) is 0 Å². The Morgan fingerprint density at radius 3 is 1.56 bits per heavy atom. The fraction of sp³-hybridized carbons (Fsp3) is 0. The van der Waals surface area contributed by atoms with Crippen molar-refractivity contribution in [2.24, 2.45) is 0 Å². The van der Waals surface area contributed by atoms with Gasteiger partial charge in [0, 0.05) is 0 Å². The first-order valence-electron chi connectivity index (χ1n) is 1.17. The van der Waals surface area contributed by atoms with Crippen molar-refractivity contribution in [2.75, 3.05) is 0 Å². The third-order valence-electron chi connectivity index (χ3n) is 0.238. The molecule has 0 radical (unpaired) electrons. The summed E-state index contributed by atoms with van der Waals surface area (Å²) in [6.07, 6.45) is 0. The van der Waals surface area contributed by atoms with Crippen LogP contribution in [0.15, 0.2) is 0 Å². The Morgan fingerprint density at radius 1 is 1.44 bits per heavy atom. The molecule has 0 bridgehead atoms. The average Bonchev–Trinajstić information content (AvgIpc) is 1.35. The van der Waals surface area contributed by atoms with Gasteiger partial charge in [-0.15, -0.1) is 0 Å². The molecule has 0 aromatic rings. The third kappa shape index (κ3) is 25.8. The van der Waals surface area contributed by atoms with Gasteiger partial charge >= 0.3 is 37.4 Å². The molecule has 0 aliphatic rings. The van der Waals surface area contributed by atoms with E-state index in [0.29, 0.717) is 0 Å². The van der Waals surface area contributed by atoms with Crippen LogP contribution in [-0.2, 0) is 8.78 Å². The maximum atomic E-state index is 9.51. The molecular weight excluding hydrogens is 189 g/mol. The summed E-state index contributed by atoms with van der Waals surface area (Å²) in [5.41, 5.74) is 0. The summed E-state index contributed by atoms with van der Waals surface area (Å²) in [4.78, 5) is 15.5. The molecule has 9 heteroatoms. The Labute approximate surface area is 88.7 Å². The van der Waals surface area contributed by atoms with E-state index in [1.807, 2.05) is 0 Å². The first-order valence-corrected chi connectivity index (χ1v) is 3.52. The Bertz CT molecular complexity index is 81.0. The van der Waals surface area contributed by atoms with Crippen LogP contribution in [0.1, 0.15) is 0 Å². The van der Waals surface area contributed by atoms with Crippen molar-refractivity contribution in [2.45, 2.75) is 0 Å².